The Morgan fingerprint density at radius 3 is 2.80 bits per heavy atom. The van der Waals surface area contributed by atoms with Gasteiger partial charge in [-0.25, -0.2) is 0 Å². The topological polar surface area (TPSA) is 52.3 Å². The van der Waals surface area contributed by atoms with Crippen LogP contribution < -0.4 is 10.5 Å². The molecular formula is C11H12ClNO2. The van der Waals surface area contributed by atoms with Gasteiger partial charge in [0.15, 0.2) is 5.78 Å². The van der Waals surface area contributed by atoms with Crippen LogP contribution >= 0.6 is 11.6 Å². The van der Waals surface area contributed by atoms with Gasteiger partial charge in [-0.05, 0) is 31.0 Å². The zero-order valence-electron chi connectivity index (χ0n) is 8.20. The molecule has 0 radical (unpaired) electrons. The number of hydrogen-bond acceptors (Lipinski definition) is 3. The molecule has 2 rings (SSSR count). The second-order valence-corrected chi connectivity index (χ2v) is 4.00. The Kier molecular flexibility index (Phi) is 2.93. The fraction of sp³-hybridized carbons (Fsp3) is 0.364. The molecule has 80 valence electrons. The van der Waals surface area contributed by atoms with Gasteiger partial charge in [-0.2, -0.15) is 0 Å². The van der Waals surface area contributed by atoms with E-state index in [-0.39, 0.29) is 12.3 Å². The first-order valence-electron chi connectivity index (χ1n) is 4.90. The molecule has 1 aliphatic carbocycles. The van der Waals surface area contributed by atoms with Gasteiger partial charge in [0.25, 0.3) is 0 Å². The maximum atomic E-state index is 11.3. The van der Waals surface area contributed by atoms with Crippen LogP contribution in [0.15, 0.2) is 18.2 Å². The van der Waals surface area contributed by atoms with E-state index >= 15 is 0 Å². The van der Waals surface area contributed by atoms with Crippen molar-refractivity contribution >= 4 is 17.4 Å². The highest BCUT2D eigenvalue weighted by molar-refractivity contribution is 6.32. The minimum Gasteiger partial charge on any atom is -0.489 e. The molecule has 1 aliphatic rings. The zero-order valence-corrected chi connectivity index (χ0v) is 8.96. The van der Waals surface area contributed by atoms with Crippen molar-refractivity contribution in [3.05, 3.63) is 28.8 Å². The summed E-state index contributed by atoms with van der Waals surface area (Å²) in [4.78, 5) is 11.3. The number of carbonyl (C=O) groups is 1. The molecule has 1 fully saturated rings. The number of benzene rings is 1. The van der Waals surface area contributed by atoms with Crippen LogP contribution in [-0.4, -0.2) is 18.4 Å². The molecule has 0 spiro atoms. The monoisotopic (exact) mass is 225 g/mol. The van der Waals surface area contributed by atoms with Crippen LogP contribution in [0.1, 0.15) is 23.2 Å². The maximum absolute atomic E-state index is 11.3. The molecular weight excluding hydrogens is 214 g/mol. The van der Waals surface area contributed by atoms with Gasteiger partial charge in [0.1, 0.15) is 5.75 Å². The van der Waals surface area contributed by atoms with Gasteiger partial charge in [0.05, 0.1) is 17.7 Å². The van der Waals surface area contributed by atoms with E-state index in [0.29, 0.717) is 22.4 Å². The summed E-state index contributed by atoms with van der Waals surface area (Å²) in [5.41, 5.74) is 5.79. The highest BCUT2D eigenvalue weighted by Gasteiger charge is 2.24. The van der Waals surface area contributed by atoms with E-state index in [2.05, 4.69) is 0 Å². The van der Waals surface area contributed by atoms with Gasteiger partial charge in [0.2, 0.25) is 0 Å². The van der Waals surface area contributed by atoms with Gasteiger partial charge in [-0.3, -0.25) is 4.79 Å². The standard InChI is InChI=1S/C11H12ClNO2/c12-9-5-7(10(14)6-13)1-4-11(9)15-8-2-3-8/h1,4-5,8H,2-3,6,13H2. The Labute approximate surface area is 93.2 Å². The third-order valence-electron chi connectivity index (χ3n) is 2.26. The smallest absolute Gasteiger partial charge is 0.176 e. The summed E-state index contributed by atoms with van der Waals surface area (Å²) < 4.78 is 5.55. The van der Waals surface area contributed by atoms with E-state index in [0.717, 1.165) is 12.8 Å². The fourth-order valence-corrected chi connectivity index (χ4v) is 1.48. The third kappa shape index (κ3) is 2.49. The summed E-state index contributed by atoms with van der Waals surface area (Å²) in [5, 5.41) is 0.473. The van der Waals surface area contributed by atoms with Crippen molar-refractivity contribution in [2.45, 2.75) is 18.9 Å². The Morgan fingerprint density at radius 2 is 2.27 bits per heavy atom. The molecule has 0 aromatic heterocycles. The van der Waals surface area contributed by atoms with Crippen molar-refractivity contribution in [3.63, 3.8) is 0 Å². The average Bonchev–Trinajstić information content (AvgIpc) is 3.04. The largest absolute Gasteiger partial charge is 0.489 e. The molecule has 0 atom stereocenters. The zero-order chi connectivity index (χ0) is 10.8. The number of carbonyl (C=O) groups excluding carboxylic acids is 1. The van der Waals surface area contributed by atoms with Crippen LogP contribution in [0.2, 0.25) is 5.02 Å². The number of hydrogen-bond donors (Lipinski definition) is 1. The second-order valence-electron chi connectivity index (χ2n) is 3.59. The lowest BCUT2D eigenvalue weighted by molar-refractivity contribution is 0.100. The van der Waals surface area contributed by atoms with Gasteiger partial charge in [0, 0.05) is 5.56 Å². The van der Waals surface area contributed by atoms with Crippen LogP contribution in [-0.2, 0) is 0 Å². The normalized spacial score (nSPS) is 15.1. The lowest BCUT2D eigenvalue weighted by Crippen LogP contribution is -2.13. The molecule has 0 unspecified atom stereocenters. The Hall–Kier alpha value is -1.06. The minimum atomic E-state index is -0.116. The molecule has 1 saturated carbocycles. The van der Waals surface area contributed by atoms with Crippen molar-refractivity contribution in [1.29, 1.82) is 0 Å². The van der Waals surface area contributed by atoms with Gasteiger partial charge < -0.3 is 10.5 Å². The molecule has 15 heavy (non-hydrogen) atoms. The van der Waals surface area contributed by atoms with Crippen LogP contribution in [0.5, 0.6) is 5.75 Å². The summed E-state index contributed by atoms with van der Waals surface area (Å²) in [6.07, 6.45) is 2.47. The van der Waals surface area contributed by atoms with Crippen molar-refractivity contribution in [2.24, 2.45) is 5.73 Å². The van der Waals surface area contributed by atoms with Crippen molar-refractivity contribution in [1.82, 2.24) is 0 Å². The van der Waals surface area contributed by atoms with Gasteiger partial charge in [-0.1, -0.05) is 11.6 Å². The first kappa shape index (κ1) is 10.5. The predicted molar refractivity (Wildman–Crippen MR) is 58.5 cm³/mol. The first-order valence-corrected chi connectivity index (χ1v) is 5.28. The number of ether oxygens (including phenoxy) is 1. The van der Waals surface area contributed by atoms with Crippen molar-refractivity contribution < 1.29 is 9.53 Å². The third-order valence-corrected chi connectivity index (χ3v) is 2.55. The van der Waals surface area contributed by atoms with E-state index in [9.17, 15) is 4.79 Å². The van der Waals surface area contributed by atoms with Crippen LogP contribution in [0, 0.1) is 0 Å². The molecule has 1 aromatic carbocycles. The Balaban J connectivity index is 2.17. The van der Waals surface area contributed by atoms with Crippen molar-refractivity contribution in [2.75, 3.05) is 6.54 Å². The average molecular weight is 226 g/mol. The molecule has 0 saturated heterocycles. The van der Waals surface area contributed by atoms with Gasteiger partial charge >= 0.3 is 0 Å². The molecule has 0 heterocycles. The number of halogens is 1. The maximum Gasteiger partial charge on any atom is 0.176 e. The van der Waals surface area contributed by atoms with E-state index in [4.69, 9.17) is 22.1 Å². The number of nitrogens with two attached hydrogens (primary N) is 1. The fourth-order valence-electron chi connectivity index (χ4n) is 1.25. The molecule has 1 aromatic rings. The lowest BCUT2D eigenvalue weighted by Gasteiger charge is -2.07. The van der Waals surface area contributed by atoms with E-state index in [1.165, 1.54) is 0 Å². The number of ketones is 1. The SMILES string of the molecule is NCC(=O)c1ccc(OC2CC2)c(Cl)c1. The summed E-state index contributed by atoms with van der Waals surface area (Å²) in [7, 11) is 0. The summed E-state index contributed by atoms with van der Waals surface area (Å²) in [5.74, 6) is 0.530. The molecule has 4 heteroatoms. The highest BCUT2D eigenvalue weighted by atomic mass is 35.5. The summed E-state index contributed by atoms with van der Waals surface area (Å²) >= 11 is 5.98. The van der Waals surface area contributed by atoms with Crippen LogP contribution in [0.3, 0.4) is 0 Å². The Morgan fingerprint density at radius 1 is 1.53 bits per heavy atom. The quantitative estimate of drug-likeness (QED) is 0.798. The van der Waals surface area contributed by atoms with Crippen LogP contribution in [0.25, 0.3) is 0 Å². The van der Waals surface area contributed by atoms with Crippen molar-refractivity contribution in [3.8, 4) is 5.75 Å². The molecule has 0 amide bonds. The molecule has 2 N–H and O–H groups in total. The summed E-state index contributed by atoms with van der Waals surface area (Å²) in [6.45, 7) is -0.000836. The van der Waals surface area contributed by atoms with Crippen LogP contribution in [0.4, 0.5) is 0 Å². The minimum absolute atomic E-state index is 0.000836. The highest BCUT2D eigenvalue weighted by Crippen LogP contribution is 2.32. The first-order chi connectivity index (χ1) is 7.20. The van der Waals surface area contributed by atoms with E-state index < -0.39 is 0 Å². The van der Waals surface area contributed by atoms with E-state index in [1.54, 1.807) is 18.2 Å². The number of Topliss-reactive ketones (excluding diaryl/α,β-unsaturated/α-hetero) is 1. The molecule has 0 bridgehead atoms. The Bertz CT molecular complexity index is 388. The second kappa shape index (κ2) is 4.21. The lowest BCUT2D eigenvalue weighted by atomic mass is 10.1. The summed E-state index contributed by atoms with van der Waals surface area (Å²) in [6, 6.07) is 5.02. The number of rotatable bonds is 4. The molecule has 0 aliphatic heterocycles. The predicted octanol–water partition coefficient (Wildman–Crippen LogP) is 2.02. The van der Waals surface area contributed by atoms with Gasteiger partial charge in [-0.15, -0.1) is 0 Å². The van der Waals surface area contributed by atoms with E-state index in [1.807, 2.05) is 0 Å². The molecule has 3 nitrogen and oxygen atoms in total.